The first-order chi connectivity index (χ1) is 11.8. The van der Waals surface area contributed by atoms with Crippen molar-refractivity contribution in [2.24, 2.45) is 13.0 Å². The van der Waals surface area contributed by atoms with Crippen molar-refractivity contribution in [2.45, 2.75) is 65.3 Å². The number of rotatable bonds is 3. The third-order valence-corrected chi connectivity index (χ3v) is 3.75. The lowest BCUT2D eigenvalue weighted by Gasteiger charge is -2.47. The summed E-state index contributed by atoms with van der Waals surface area (Å²) in [4.78, 5) is 26.1. The van der Waals surface area contributed by atoms with Gasteiger partial charge in [0.2, 0.25) is 0 Å². The molecule has 2 heterocycles. The topological polar surface area (TPSA) is 85.7 Å². The van der Waals surface area contributed by atoms with Gasteiger partial charge >= 0.3 is 12.2 Å². The molecule has 2 amide bonds. The molecule has 1 aromatic rings. The van der Waals surface area contributed by atoms with E-state index in [-0.39, 0.29) is 5.92 Å². The highest BCUT2D eigenvalue weighted by Gasteiger charge is 2.45. The van der Waals surface area contributed by atoms with E-state index in [0.29, 0.717) is 13.0 Å². The van der Waals surface area contributed by atoms with Gasteiger partial charge in [0.1, 0.15) is 17.4 Å². The van der Waals surface area contributed by atoms with E-state index in [0.717, 1.165) is 5.69 Å². The van der Waals surface area contributed by atoms with Gasteiger partial charge in [0.25, 0.3) is 0 Å². The molecule has 0 saturated carbocycles. The molecule has 1 aromatic heterocycles. The Bertz CT molecular complexity index is 657. The molecule has 0 bridgehead atoms. The Morgan fingerprint density at radius 2 is 1.81 bits per heavy atom. The van der Waals surface area contributed by atoms with Gasteiger partial charge in [-0.25, -0.2) is 9.59 Å². The van der Waals surface area contributed by atoms with Crippen LogP contribution in [0, 0.1) is 5.92 Å². The quantitative estimate of drug-likeness (QED) is 0.889. The molecule has 2 unspecified atom stereocenters. The number of aromatic nitrogens is 2. The maximum Gasteiger partial charge on any atom is 0.411 e. The van der Waals surface area contributed by atoms with Crippen LogP contribution in [0.1, 0.15) is 47.2 Å². The molecule has 2 atom stereocenters. The van der Waals surface area contributed by atoms with E-state index >= 15 is 0 Å². The Labute approximate surface area is 154 Å². The Morgan fingerprint density at radius 3 is 2.31 bits per heavy atom. The number of likely N-dealkylation sites (tertiary alicyclic amines) is 1. The lowest BCUT2D eigenvalue weighted by molar-refractivity contribution is -0.0430. The van der Waals surface area contributed by atoms with Gasteiger partial charge in [-0.15, -0.1) is 0 Å². The highest BCUT2D eigenvalue weighted by Crippen LogP contribution is 2.28. The molecule has 0 aliphatic carbocycles. The van der Waals surface area contributed by atoms with Gasteiger partial charge in [-0.1, -0.05) is 0 Å². The van der Waals surface area contributed by atoms with E-state index in [4.69, 9.17) is 9.47 Å². The van der Waals surface area contributed by atoms with Crippen molar-refractivity contribution >= 4 is 12.2 Å². The van der Waals surface area contributed by atoms with Gasteiger partial charge in [-0.05, 0) is 54.0 Å². The molecule has 146 valence electrons. The molecule has 1 N–H and O–H groups in total. The zero-order valence-corrected chi connectivity index (χ0v) is 16.7. The average molecular weight is 366 g/mol. The lowest BCUT2D eigenvalue weighted by Crippen LogP contribution is -2.67. The Morgan fingerprint density at radius 1 is 1.19 bits per heavy atom. The van der Waals surface area contributed by atoms with Crippen molar-refractivity contribution in [2.75, 3.05) is 6.54 Å². The molecule has 26 heavy (non-hydrogen) atoms. The van der Waals surface area contributed by atoms with Crippen LogP contribution in [0.2, 0.25) is 0 Å². The van der Waals surface area contributed by atoms with Gasteiger partial charge in [0, 0.05) is 25.7 Å². The molecule has 0 aromatic carbocycles. The summed E-state index contributed by atoms with van der Waals surface area (Å²) in [6.45, 7) is 11.3. The summed E-state index contributed by atoms with van der Waals surface area (Å²) in [6.07, 6.45) is 1.04. The fraction of sp³-hybridized carbons (Fsp3) is 0.722. The molecule has 0 radical (unpaired) electrons. The van der Waals surface area contributed by atoms with Crippen molar-refractivity contribution in [1.82, 2.24) is 20.0 Å². The molecule has 0 spiro atoms. The Balaban J connectivity index is 2.06. The molecule has 8 nitrogen and oxygen atoms in total. The molecule has 2 rings (SSSR count). The number of amides is 2. The predicted octanol–water partition coefficient (Wildman–Crippen LogP) is 2.68. The zero-order valence-electron chi connectivity index (χ0n) is 16.7. The summed E-state index contributed by atoms with van der Waals surface area (Å²) < 4.78 is 12.5. The van der Waals surface area contributed by atoms with Crippen LogP contribution < -0.4 is 5.32 Å². The number of hydrogen-bond acceptors (Lipinski definition) is 5. The third kappa shape index (κ3) is 5.64. The van der Waals surface area contributed by atoms with Crippen LogP contribution in [0.25, 0.3) is 0 Å². The largest absolute Gasteiger partial charge is 0.444 e. The van der Waals surface area contributed by atoms with E-state index in [1.807, 2.05) is 40.1 Å². The molecule has 1 fully saturated rings. The fourth-order valence-corrected chi connectivity index (χ4v) is 2.73. The van der Waals surface area contributed by atoms with Gasteiger partial charge < -0.3 is 14.8 Å². The molecule has 1 aliphatic heterocycles. The summed E-state index contributed by atoms with van der Waals surface area (Å²) in [6, 6.07) is 1.93. The molecular weight excluding hydrogens is 336 g/mol. The van der Waals surface area contributed by atoms with Crippen LogP contribution in [0.3, 0.4) is 0 Å². The normalized spacial score (nSPS) is 20.3. The van der Waals surface area contributed by atoms with Crippen molar-refractivity contribution in [1.29, 1.82) is 0 Å². The number of aryl methyl sites for hydroxylation is 1. The van der Waals surface area contributed by atoms with Crippen LogP contribution in [0.5, 0.6) is 0 Å². The van der Waals surface area contributed by atoms with Crippen LogP contribution in [-0.2, 0) is 22.9 Å². The first-order valence-electron chi connectivity index (χ1n) is 8.82. The summed E-state index contributed by atoms with van der Waals surface area (Å²) in [5.41, 5.74) is -0.293. The highest BCUT2D eigenvalue weighted by atomic mass is 16.6. The minimum Gasteiger partial charge on any atom is -0.444 e. The van der Waals surface area contributed by atoms with Gasteiger partial charge in [-0.3, -0.25) is 9.58 Å². The van der Waals surface area contributed by atoms with Gasteiger partial charge in [0.15, 0.2) is 0 Å². The molecule has 1 saturated heterocycles. The maximum absolute atomic E-state index is 12.4. The number of alkyl carbamates (subject to hydrolysis) is 1. The number of carbonyl (C=O) groups excluding carboxylic acids is 2. The minimum atomic E-state index is -0.610. The van der Waals surface area contributed by atoms with Crippen LogP contribution in [0.15, 0.2) is 12.3 Å². The number of hydrogen-bond donors (Lipinski definition) is 1. The first kappa shape index (κ1) is 20.1. The summed E-state index contributed by atoms with van der Waals surface area (Å²) in [7, 11) is 1.85. The van der Waals surface area contributed by atoms with Crippen LogP contribution in [0.4, 0.5) is 9.59 Å². The van der Waals surface area contributed by atoms with E-state index in [9.17, 15) is 9.59 Å². The fourth-order valence-electron chi connectivity index (χ4n) is 2.73. The number of ether oxygens (including phenoxy) is 2. The second-order valence-electron chi connectivity index (χ2n) is 8.67. The second-order valence-corrected chi connectivity index (χ2v) is 8.67. The average Bonchev–Trinajstić information content (AvgIpc) is 2.82. The van der Waals surface area contributed by atoms with Crippen molar-refractivity contribution in [3.05, 3.63) is 18.0 Å². The number of nitrogens with one attached hydrogen (secondary N) is 1. The highest BCUT2D eigenvalue weighted by molar-refractivity contribution is 5.73. The Kier molecular flexibility index (Phi) is 5.53. The minimum absolute atomic E-state index is 0.0462. The molecule has 8 heteroatoms. The van der Waals surface area contributed by atoms with Crippen molar-refractivity contribution in [3.63, 3.8) is 0 Å². The predicted molar refractivity (Wildman–Crippen MR) is 96.5 cm³/mol. The Hall–Kier alpha value is -2.25. The first-order valence-corrected chi connectivity index (χ1v) is 8.82. The summed E-state index contributed by atoms with van der Waals surface area (Å²) >= 11 is 0. The lowest BCUT2D eigenvalue weighted by atomic mass is 9.90. The standard InChI is InChI=1S/C18H30N4O4/c1-17(2,3)25-15(23)19-14-12(10-13-8-9-21(7)20-13)11-22(14)16(24)26-18(4,5)6/h8-9,12,14H,10-11H2,1-7H3,(H,19,23). The monoisotopic (exact) mass is 366 g/mol. The third-order valence-electron chi connectivity index (χ3n) is 3.75. The zero-order chi connectivity index (χ0) is 19.7. The molecular formula is C18H30N4O4. The van der Waals surface area contributed by atoms with E-state index in [1.54, 1.807) is 25.5 Å². The van der Waals surface area contributed by atoms with Crippen LogP contribution >= 0.6 is 0 Å². The maximum atomic E-state index is 12.4. The number of carbonyl (C=O) groups is 2. The smallest absolute Gasteiger partial charge is 0.411 e. The van der Waals surface area contributed by atoms with Crippen molar-refractivity contribution < 1.29 is 19.1 Å². The van der Waals surface area contributed by atoms with Gasteiger partial charge in [0.05, 0.1) is 5.69 Å². The second kappa shape index (κ2) is 7.17. The molecule has 1 aliphatic rings. The number of nitrogens with zero attached hydrogens (tertiary/aromatic N) is 3. The summed E-state index contributed by atoms with van der Waals surface area (Å²) in [5, 5.41) is 7.17. The van der Waals surface area contributed by atoms with Crippen LogP contribution in [-0.4, -0.2) is 50.8 Å². The van der Waals surface area contributed by atoms with E-state index < -0.39 is 29.6 Å². The summed E-state index contributed by atoms with van der Waals surface area (Å²) in [5.74, 6) is 0.0462. The SMILES string of the molecule is Cn1ccc(CC2CN(C(=O)OC(C)(C)C)C2NC(=O)OC(C)(C)C)n1. The van der Waals surface area contributed by atoms with Gasteiger partial charge in [-0.2, -0.15) is 5.10 Å². The van der Waals surface area contributed by atoms with Crippen molar-refractivity contribution in [3.8, 4) is 0 Å². The van der Waals surface area contributed by atoms with E-state index in [1.165, 1.54) is 4.90 Å². The van der Waals surface area contributed by atoms with E-state index in [2.05, 4.69) is 10.4 Å².